The molecule has 1 aliphatic rings. The molecule has 1 atom stereocenters. The van der Waals surface area contributed by atoms with Crippen LogP contribution < -0.4 is 5.32 Å². The SMILES string of the molecule is C[C@H]1CCNC(=O)c2cc3ccc(C(=O)O)cc3n21. The largest absolute Gasteiger partial charge is 0.478 e. The van der Waals surface area contributed by atoms with Crippen LogP contribution in [0.25, 0.3) is 10.9 Å². The summed E-state index contributed by atoms with van der Waals surface area (Å²) in [6, 6.07) is 6.93. The highest BCUT2D eigenvalue weighted by molar-refractivity contribution is 6.01. The molecule has 98 valence electrons. The molecule has 3 rings (SSSR count). The van der Waals surface area contributed by atoms with Gasteiger partial charge in [-0.2, -0.15) is 0 Å². The molecule has 5 heteroatoms. The molecule has 5 nitrogen and oxygen atoms in total. The van der Waals surface area contributed by atoms with E-state index in [1.165, 1.54) is 0 Å². The Kier molecular flexibility index (Phi) is 2.55. The normalized spacial score (nSPS) is 18.8. The Balaban J connectivity index is 2.30. The minimum atomic E-state index is -0.955. The van der Waals surface area contributed by atoms with Gasteiger partial charge in [0.2, 0.25) is 0 Å². The molecule has 0 bridgehead atoms. The summed E-state index contributed by atoms with van der Waals surface area (Å²) in [7, 11) is 0. The fourth-order valence-corrected chi connectivity index (χ4v) is 2.62. The predicted molar refractivity (Wildman–Crippen MR) is 70.6 cm³/mol. The van der Waals surface area contributed by atoms with Crippen molar-refractivity contribution in [2.75, 3.05) is 6.54 Å². The zero-order valence-electron chi connectivity index (χ0n) is 10.5. The first-order chi connectivity index (χ1) is 9.08. The fourth-order valence-electron chi connectivity index (χ4n) is 2.62. The van der Waals surface area contributed by atoms with E-state index >= 15 is 0 Å². The molecule has 0 saturated heterocycles. The van der Waals surface area contributed by atoms with Crippen molar-refractivity contribution in [1.29, 1.82) is 0 Å². The van der Waals surface area contributed by atoms with Crippen molar-refractivity contribution in [2.24, 2.45) is 0 Å². The number of benzene rings is 1. The zero-order valence-corrected chi connectivity index (χ0v) is 10.5. The second-order valence-electron chi connectivity index (χ2n) is 4.87. The van der Waals surface area contributed by atoms with Crippen molar-refractivity contribution >= 4 is 22.8 Å². The van der Waals surface area contributed by atoms with E-state index in [-0.39, 0.29) is 17.5 Å². The van der Waals surface area contributed by atoms with Gasteiger partial charge in [0.05, 0.1) is 5.56 Å². The van der Waals surface area contributed by atoms with Crippen LogP contribution >= 0.6 is 0 Å². The van der Waals surface area contributed by atoms with Crippen molar-refractivity contribution in [3.05, 3.63) is 35.5 Å². The Morgan fingerprint density at radius 3 is 2.95 bits per heavy atom. The third-order valence-corrected chi connectivity index (χ3v) is 3.61. The quantitative estimate of drug-likeness (QED) is 0.822. The summed E-state index contributed by atoms with van der Waals surface area (Å²) in [6.07, 6.45) is 0.833. The molecule has 1 amide bonds. The van der Waals surface area contributed by atoms with Crippen LogP contribution in [0.1, 0.15) is 40.2 Å². The maximum atomic E-state index is 12.0. The summed E-state index contributed by atoms with van der Waals surface area (Å²) in [4.78, 5) is 23.1. The van der Waals surface area contributed by atoms with E-state index in [0.717, 1.165) is 17.3 Å². The van der Waals surface area contributed by atoms with Crippen molar-refractivity contribution in [1.82, 2.24) is 9.88 Å². The summed E-state index contributed by atoms with van der Waals surface area (Å²) in [5.74, 6) is -1.05. The number of nitrogens with zero attached hydrogens (tertiary/aromatic N) is 1. The minimum Gasteiger partial charge on any atom is -0.478 e. The van der Waals surface area contributed by atoms with Gasteiger partial charge in [0.15, 0.2) is 0 Å². The van der Waals surface area contributed by atoms with Gasteiger partial charge in [0.1, 0.15) is 5.69 Å². The zero-order chi connectivity index (χ0) is 13.6. The number of carboxylic acid groups (broad SMARTS) is 1. The van der Waals surface area contributed by atoms with E-state index in [1.807, 2.05) is 17.6 Å². The lowest BCUT2D eigenvalue weighted by molar-refractivity contribution is 0.0696. The van der Waals surface area contributed by atoms with Crippen LogP contribution in [0.5, 0.6) is 0 Å². The van der Waals surface area contributed by atoms with Crippen molar-refractivity contribution in [3.8, 4) is 0 Å². The second kappa shape index (κ2) is 4.12. The highest BCUT2D eigenvalue weighted by atomic mass is 16.4. The Morgan fingerprint density at radius 2 is 2.21 bits per heavy atom. The summed E-state index contributed by atoms with van der Waals surface area (Å²) in [5.41, 5.74) is 1.65. The molecule has 2 aromatic rings. The van der Waals surface area contributed by atoms with Crippen molar-refractivity contribution in [2.45, 2.75) is 19.4 Å². The molecule has 0 unspecified atom stereocenters. The molecule has 2 N–H and O–H groups in total. The molecule has 19 heavy (non-hydrogen) atoms. The van der Waals surface area contributed by atoms with Gasteiger partial charge in [-0.05, 0) is 31.5 Å². The third-order valence-electron chi connectivity index (χ3n) is 3.61. The van der Waals surface area contributed by atoms with Gasteiger partial charge < -0.3 is 15.0 Å². The van der Waals surface area contributed by atoms with Crippen LogP contribution in [-0.2, 0) is 0 Å². The van der Waals surface area contributed by atoms with Crippen LogP contribution in [0.4, 0.5) is 0 Å². The fraction of sp³-hybridized carbons (Fsp3) is 0.286. The maximum absolute atomic E-state index is 12.0. The van der Waals surface area contributed by atoms with Gasteiger partial charge >= 0.3 is 5.97 Å². The number of aromatic carboxylic acids is 1. The number of fused-ring (bicyclic) bond motifs is 3. The van der Waals surface area contributed by atoms with Crippen molar-refractivity contribution in [3.63, 3.8) is 0 Å². The lowest BCUT2D eigenvalue weighted by Gasteiger charge is -2.14. The Bertz CT molecular complexity index is 687. The molecule has 0 saturated carbocycles. The van der Waals surface area contributed by atoms with Crippen LogP contribution in [0.3, 0.4) is 0 Å². The molecule has 0 aliphatic carbocycles. The molecule has 0 fully saturated rings. The summed E-state index contributed by atoms with van der Waals surface area (Å²) < 4.78 is 1.93. The summed E-state index contributed by atoms with van der Waals surface area (Å²) in [6.45, 7) is 2.68. The standard InChI is InChI=1S/C14H14N2O3/c1-8-4-5-15-13(17)12-6-9-2-3-10(14(18)19)7-11(9)16(8)12/h2-3,6-8H,4-5H2,1H3,(H,15,17)(H,18,19)/t8-/m0/s1. The number of hydrogen-bond acceptors (Lipinski definition) is 2. The number of carboxylic acids is 1. The first-order valence-electron chi connectivity index (χ1n) is 6.24. The Morgan fingerprint density at radius 1 is 1.42 bits per heavy atom. The average molecular weight is 258 g/mol. The van der Waals surface area contributed by atoms with Gasteiger partial charge in [-0.25, -0.2) is 4.79 Å². The highest BCUT2D eigenvalue weighted by Gasteiger charge is 2.22. The number of nitrogens with one attached hydrogen (secondary N) is 1. The van der Waals surface area contributed by atoms with Crippen LogP contribution in [0.2, 0.25) is 0 Å². The lowest BCUT2D eigenvalue weighted by Crippen LogP contribution is -2.22. The Hall–Kier alpha value is -2.30. The summed E-state index contributed by atoms with van der Waals surface area (Å²) >= 11 is 0. The molecule has 1 aliphatic heterocycles. The lowest BCUT2D eigenvalue weighted by atomic mass is 10.1. The summed E-state index contributed by atoms with van der Waals surface area (Å²) in [5, 5.41) is 12.8. The first kappa shape index (κ1) is 11.8. The van der Waals surface area contributed by atoms with Gasteiger partial charge in [0.25, 0.3) is 5.91 Å². The van der Waals surface area contributed by atoms with Gasteiger partial charge in [-0.3, -0.25) is 4.79 Å². The number of carbonyl (C=O) groups is 2. The van der Waals surface area contributed by atoms with Crippen LogP contribution in [0, 0.1) is 0 Å². The molecule has 0 radical (unpaired) electrons. The molecular weight excluding hydrogens is 244 g/mol. The van der Waals surface area contributed by atoms with E-state index in [0.29, 0.717) is 12.2 Å². The number of carbonyl (C=O) groups excluding carboxylic acids is 1. The second-order valence-corrected chi connectivity index (χ2v) is 4.87. The first-order valence-corrected chi connectivity index (χ1v) is 6.24. The van der Waals surface area contributed by atoms with E-state index in [4.69, 9.17) is 5.11 Å². The number of hydrogen-bond donors (Lipinski definition) is 2. The van der Waals surface area contributed by atoms with E-state index in [1.54, 1.807) is 18.2 Å². The molecule has 1 aromatic carbocycles. The highest BCUT2D eigenvalue weighted by Crippen LogP contribution is 2.28. The number of aromatic nitrogens is 1. The predicted octanol–water partition coefficient (Wildman–Crippen LogP) is 2.03. The maximum Gasteiger partial charge on any atom is 0.335 e. The van der Waals surface area contributed by atoms with Gasteiger partial charge in [-0.1, -0.05) is 6.07 Å². The van der Waals surface area contributed by atoms with Crippen LogP contribution in [0.15, 0.2) is 24.3 Å². The minimum absolute atomic E-state index is 0.0996. The molecule has 2 heterocycles. The van der Waals surface area contributed by atoms with Gasteiger partial charge in [0, 0.05) is 23.5 Å². The average Bonchev–Trinajstić information content (AvgIpc) is 2.70. The van der Waals surface area contributed by atoms with E-state index in [9.17, 15) is 9.59 Å². The number of rotatable bonds is 1. The Labute approximate surface area is 109 Å². The smallest absolute Gasteiger partial charge is 0.335 e. The molecule has 0 spiro atoms. The van der Waals surface area contributed by atoms with E-state index < -0.39 is 5.97 Å². The molecule has 1 aromatic heterocycles. The van der Waals surface area contributed by atoms with E-state index in [2.05, 4.69) is 5.32 Å². The monoisotopic (exact) mass is 258 g/mol. The van der Waals surface area contributed by atoms with Crippen molar-refractivity contribution < 1.29 is 14.7 Å². The topological polar surface area (TPSA) is 71.3 Å². The molecular formula is C14H14N2O3. The van der Waals surface area contributed by atoms with Crippen LogP contribution in [-0.4, -0.2) is 28.1 Å². The van der Waals surface area contributed by atoms with Gasteiger partial charge in [-0.15, -0.1) is 0 Å². The third kappa shape index (κ3) is 1.78. The number of amides is 1.